The summed E-state index contributed by atoms with van der Waals surface area (Å²) in [4.78, 5) is 18.4. The molecule has 0 spiro atoms. The molecule has 0 aliphatic rings. The van der Waals surface area contributed by atoms with E-state index in [9.17, 15) is 4.79 Å². The first-order valence-corrected chi connectivity index (χ1v) is 2.42. The molecule has 0 atom stereocenters. The SMILES string of the molecule is CCC(C)=O.O=C(O)O. The predicted octanol–water partition coefficient (Wildman–Crippen LogP) is 1.21. The Kier molecular flexibility index (Phi) is 8.36. The van der Waals surface area contributed by atoms with E-state index >= 15 is 0 Å². The van der Waals surface area contributed by atoms with Crippen LogP contribution in [0, 0.1) is 0 Å². The van der Waals surface area contributed by atoms with Crippen molar-refractivity contribution in [2.24, 2.45) is 0 Å². The Labute approximate surface area is 53.1 Å². The topological polar surface area (TPSA) is 74.6 Å². The Morgan fingerprint density at radius 3 is 1.44 bits per heavy atom. The lowest BCUT2D eigenvalue weighted by Crippen LogP contribution is -1.81. The third-order valence-corrected chi connectivity index (χ3v) is 0.498. The largest absolute Gasteiger partial charge is 0.503 e. The zero-order valence-corrected chi connectivity index (χ0v) is 5.42. The first-order valence-electron chi connectivity index (χ1n) is 2.42. The molecule has 0 bridgehead atoms. The smallest absolute Gasteiger partial charge is 0.450 e. The van der Waals surface area contributed by atoms with Gasteiger partial charge in [-0.2, -0.15) is 0 Å². The van der Waals surface area contributed by atoms with Crippen molar-refractivity contribution in [2.45, 2.75) is 20.3 Å². The molecule has 4 heteroatoms. The molecule has 0 heterocycles. The highest BCUT2D eigenvalue weighted by atomic mass is 16.6. The maximum Gasteiger partial charge on any atom is 0.503 e. The average Bonchev–Trinajstić information content (AvgIpc) is 1.65. The summed E-state index contributed by atoms with van der Waals surface area (Å²) >= 11 is 0. The van der Waals surface area contributed by atoms with E-state index < -0.39 is 6.16 Å². The second kappa shape index (κ2) is 6.94. The molecular weight excluding hydrogens is 124 g/mol. The maximum atomic E-state index is 9.81. The normalized spacial score (nSPS) is 6.89. The molecule has 0 radical (unpaired) electrons. The standard InChI is InChI=1S/C4H8O.CH2O3/c1-3-4(2)5;2-1(3)4/h3H2,1-2H3;(H2,2,3,4). The highest BCUT2D eigenvalue weighted by molar-refractivity contribution is 5.74. The summed E-state index contributed by atoms with van der Waals surface area (Å²) in [6.07, 6.45) is -1.17. The van der Waals surface area contributed by atoms with Crippen LogP contribution in [0.5, 0.6) is 0 Å². The Morgan fingerprint density at radius 1 is 1.33 bits per heavy atom. The fourth-order valence-corrected chi connectivity index (χ4v) is 0. The zero-order valence-electron chi connectivity index (χ0n) is 5.42. The highest BCUT2D eigenvalue weighted by Crippen LogP contribution is 1.71. The average molecular weight is 134 g/mol. The van der Waals surface area contributed by atoms with Crippen LogP contribution in [0.3, 0.4) is 0 Å². The van der Waals surface area contributed by atoms with Crippen LogP contribution >= 0.6 is 0 Å². The van der Waals surface area contributed by atoms with E-state index in [1.54, 1.807) is 6.92 Å². The summed E-state index contributed by atoms with van der Waals surface area (Å²) < 4.78 is 0. The fourth-order valence-electron chi connectivity index (χ4n) is 0. The monoisotopic (exact) mass is 134 g/mol. The van der Waals surface area contributed by atoms with E-state index in [0.717, 1.165) is 0 Å². The molecular formula is C5H10O4. The van der Waals surface area contributed by atoms with Crippen molar-refractivity contribution in [3.05, 3.63) is 0 Å². The third-order valence-electron chi connectivity index (χ3n) is 0.498. The second-order valence-electron chi connectivity index (χ2n) is 1.34. The van der Waals surface area contributed by atoms with Crippen LogP contribution in [0.2, 0.25) is 0 Å². The van der Waals surface area contributed by atoms with Crippen molar-refractivity contribution in [3.63, 3.8) is 0 Å². The predicted molar refractivity (Wildman–Crippen MR) is 31.6 cm³/mol. The molecule has 0 aliphatic heterocycles. The van der Waals surface area contributed by atoms with Crippen LogP contribution in [0.1, 0.15) is 20.3 Å². The van der Waals surface area contributed by atoms with Crippen LogP contribution < -0.4 is 0 Å². The minimum atomic E-state index is -1.83. The summed E-state index contributed by atoms with van der Waals surface area (Å²) in [5.74, 6) is 0.255. The number of ketones is 1. The number of carbonyl (C=O) groups excluding carboxylic acids is 1. The molecule has 4 nitrogen and oxygen atoms in total. The molecule has 0 fully saturated rings. The number of Topliss-reactive ketones (excluding diaryl/α,β-unsaturated/α-hetero) is 1. The molecule has 0 aromatic carbocycles. The summed E-state index contributed by atoms with van der Waals surface area (Å²) in [7, 11) is 0. The van der Waals surface area contributed by atoms with Gasteiger partial charge in [-0.15, -0.1) is 0 Å². The minimum Gasteiger partial charge on any atom is -0.450 e. The van der Waals surface area contributed by atoms with Gasteiger partial charge in [0, 0.05) is 6.42 Å². The lowest BCUT2D eigenvalue weighted by molar-refractivity contribution is -0.116. The molecule has 0 aromatic heterocycles. The Bertz CT molecular complexity index is 93.1. The molecule has 0 rings (SSSR count). The number of rotatable bonds is 1. The van der Waals surface area contributed by atoms with E-state index in [0.29, 0.717) is 6.42 Å². The number of carbonyl (C=O) groups is 2. The van der Waals surface area contributed by atoms with Crippen LogP contribution in [-0.2, 0) is 4.79 Å². The molecule has 0 amide bonds. The van der Waals surface area contributed by atoms with Gasteiger partial charge < -0.3 is 15.0 Å². The number of hydrogen-bond donors (Lipinski definition) is 2. The van der Waals surface area contributed by atoms with Crippen molar-refractivity contribution in [1.29, 1.82) is 0 Å². The van der Waals surface area contributed by atoms with Crippen LogP contribution in [-0.4, -0.2) is 22.2 Å². The molecule has 54 valence electrons. The number of carboxylic acid groups (broad SMARTS) is 2. The first kappa shape index (κ1) is 10.8. The molecule has 9 heavy (non-hydrogen) atoms. The van der Waals surface area contributed by atoms with Crippen LogP contribution in [0.4, 0.5) is 4.79 Å². The number of hydrogen-bond acceptors (Lipinski definition) is 2. The van der Waals surface area contributed by atoms with Crippen molar-refractivity contribution >= 4 is 11.9 Å². The zero-order chi connectivity index (χ0) is 7.86. The molecule has 0 unspecified atom stereocenters. The molecule has 2 N–H and O–H groups in total. The van der Waals surface area contributed by atoms with Gasteiger partial charge >= 0.3 is 6.16 Å². The summed E-state index contributed by atoms with van der Waals surface area (Å²) in [6, 6.07) is 0. The minimum absolute atomic E-state index is 0.255. The third kappa shape index (κ3) is 192. The molecule has 0 aromatic rings. The highest BCUT2D eigenvalue weighted by Gasteiger charge is 1.76. The fraction of sp³-hybridized carbons (Fsp3) is 0.600. The van der Waals surface area contributed by atoms with Gasteiger partial charge in [0.15, 0.2) is 0 Å². The second-order valence-corrected chi connectivity index (χ2v) is 1.34. The first-order chi connectivity index (χ1) is 4.00. The maximum absolute atomic E-state index is 9.81. The molecule has 0 saturated heterocycles. The van der Waals surface area contributed by atoms with E-state index in [1.165, 1.54) is 0 Å². The molecule has 0 saturated carbocycles. The van der Waals surface area contributed by atoms with Crippen molar-refractivity contribution < 1.29 is 19.8 Å². The summed E-state index contributed by atoms with van der Waals surface area (Å²) in [5, 5.41) is 13.9. The van der Waals surface area contributed by atoms with Crippen molar-refractivity contribution in [1.82, 2.24) is 0 Å². The lowest BCUT2D eigenvalue weighted by Gasteiger charge is -1.71. The Morgan fingerprint density at radius 2 is 1.44 bits per heavy atom. The van der Waals surface area contributed by atoms with Gasteiger partial charge in [0.2, 0.25) is 0 Å². The van der Waals surface area contributed by atoms with Gasteiger partial charge in [-0.3, -0.25) is 0 Å². The Balaban J connectivity index is 0. The van der Waals surface area contributed by atoms with Gasteiger partial charge in [-0.05, 0) is 6.92 Å². The quantitative estimate of drug-likeness (QED) is 0.565. The van der Waals surface area contributed by atoms with Gasteiger partial charge in [0.1, 0.15) is 5.78 Å². The molecule has 0 aliphatic carbocycles. The van der Waals surface area contributed by atoms with Crippen LogP contribution in [0.15, 0.2) is 0 Å². The lowest BCUT2D eigenvalue weighted by atomic mass is 10.4. The summed E-state index contributed by atoms with van der Waals surface area (Å²) in [6.45, 7) is 3.43. The Hall–Kier alpha value is -1.06. The van der Waals surface area contributed by atoms with E-state index in [2.05, 4.69) is 0 Å². The van der Waals surface area contributed by atoms with Crippen LogP contribution in [0.25, 0.3) is 0 Å². The summed E-state index contributed by atoms with van der Waals surface area (Å²) in [5.41, 5.74) is 0. The van der Waals surface area contributed by atoms with Crippen molar-refractivity contribution in [3.8, 4) is 0 Å². The van der Waals surface area contributed by atoms with Gasteiger partial charge in [0.05, 0.1) is 0 Å². The van der Waals surface area contributed by atoms with Gasteiger partial charge in [0.25, 0.3) is 0 Å². The van der Waals surface area contributed by atoms with Crippen molar-refractivity contribution in [2.75, 3.05) is 0 Å². The van der Waals surface area contributed by atoms with Gasteiger partial charge in [-0.25, -0.2) is 4.79 Å². The van der Waals surface area contributed by atoms with E-state index in [1.807, 2.05) is 6.92 Å². The van der Waals surface area contributed by atoms with E-state index in [4.69, 9.17) is 15.0 Å². The van der Waals surface area contributed by atoms with Gasteiger partial charge in [-0.1, -0.05) is 6.92 Å². The van der Waals surface area contributed by atoms with E-state index in [-0.39, 0.29) is 5.78 Å².